The zero-order valence-electron chi connectivity index (χ0n) is 10.9. The van der Waals surface area contributed by atoms with Crippen molar-refractivity contribution in [3.05, 3.63) is 34.9 Å². The predicted molar refractivity (Wildman–Crippen MR) is 71.7 cm³/mol. The minimum absolute atomic E-state index is 0.550. The maximum absolute atomic E-state index is 3.19. The monoisotopic (exact) mass is 214 g/mol. The summed E-state index contributed by atoms with van der Waals surface area (Å²) in [6.45, 7) is 8.62. The summed E-state index contributed by atoms with van der Waals surface area (Å²) in [6.07, 6.45) is 3.20. The van der Waals surface area contributed by atoms with Crippen molar-refractivity contribution in [2.75, 3.05) is 0 Å². The summed E-state index contributed by atoms with van der Waals surface area (Å²) in [5, 5.41) is 0. The van der Waals surface area contributed by atoms with Crippen molar-refractivity contribution >= 4 is 0 Å². The highest BCUT2D eigenvalue weighted by Crippen LogP contribution is 2.24. The van der Waals surface area contributed by atoms with Gasteiger partial charge in [0, 0.05) is 6.42 Å². The highest BCUT2D eigenvalue weighted by atomic mass is 14.1. The van der Waals surface area contributed by atoms with Gasteiger partial charge < -0.3 is 0 Å². The van der Waals surface area contributed by atoms with E-state index in [1.165, 1.54) is 16.7 Å². The molecule has 0 radical (unpaired) electrons. The molecule has 1 aromatic carbocycles. The number of hydrogen-bond acceptors (Lipinski definition) is 0. The first-order chi connectivity index (χ1) is 7.72. The number of hydrogen-bond donors (Lipinski definition) is 0. The Bertz CT molecular complexity index is 390. The number of benzene rings is 1. The largest absolute Gasteiger partial charge is 0.107 e. The Morgan fingerprint density at radius 2 is 1.94 bits per heavy atom. The van der Waals surface area contributed by atoms with Crippen molar-refractivity contribution in [1.29, 1.82) is 0 Å². The molecule has 86 valence electrons. The van der Waals surface area contributed by atoms with Gasteiger partial charge in [0.15, 0.2) is 0 Å². The summed E-state index contributed by atoms with van der Waals surface area (Å²) < 4.78 is 0. The van der Waals surface area contributed by atoms with Crippen LogP contribution in [0.4, 0.5) is 0 Å². The average Bonchev–Trinajstić information content (AvgIpc) is 2.35. The molecule has 1 rings (SSSR count). The number of rotatable bonds is 4. The third-order valence-electron chi connectivity index (χ3n) is 3.12. The molecule has 0 aromatic heterocycles. The first-order valence-corrected chi connectivity index (χ1v) is 6.24. The van der Waals surface area contributed by atoms with Crippen molar-refractivity contribution in [1.82, 2.24) is 0 Å². The first kappa shape index (κ1) is 12.8. The molecular formula is C16H22. The Kier molecular flexibility index (Phi) is 5.12. The van der Waals surface area contributed by atoms with Crippen molar-refractivity contribution in [2.45, 2.75) is 52.9 Å². The summed E-state index contributed by atoms with van der Waals surface area (Å²) >= 11 is 0. The minimum Gasteiger partial charge on any atom is -0.107 e. The van der Waals surface area contributed by atoms with Gasteiger partial charge in [0.2, 0.25) is 0 Å². The second kappa shape index (κ2) is 6.38. The van der Waals surface area contributed by atoms with Crippen LogP contribution in [0.25, 0.3) is 0 Å². The molecule has 0 saturated carbocycles. The van der Waals surface area contributed by atoms with Crippen molar-refractivity contribution in [2.24, 2.45) is 0 Å². The van der Waals surface area contributed by atoms with E-state index in [9.17, 15) is 0 Å². The fourth-order valence-corrected chi connectivity index (χ4v) is 2.01. The third kappa shape index (κ3) is 3.14. The van der Waals surface area contributed by atoms with Gasteiger partial charge in [-0.1, -0.05) is 39.0 Å². The van der Waals surface area contributed by atoms with Crippen molar-refractivity contribution in [3.63, 3.8) is 0 Å². The average molecular weight is 214 g/mol. The van der Waals surface area contributed by atoms with Crippen LogP contribution in [0.2, 0.25) is 0 Å². The molecule has 0 nitrogen and oxygen atoms in total. The summed E-state index contributed by atoms with van der Waals surface area (Å²) in [5.41, 5.74) is 4.40. The maximum Gasteiger partial charge on any atom is 0.0155 e. The fourth-order valence-electron chi connectivity index (χ4n) is 2.01. The van der Waals surface area contributed by atoms with E-state index in [2.05, 4.69) is 50.8 Å². The molecule has 0 N–H and O–H groups in total. The fraction of sp³-hybridized carbons (Fsp3) is 0.500. The second-order valence-electron chi connectivity index (χ2n) is 4.27. The first-order valence-electron chi connectivity index (χ1n) is 6.24. The lowest BCUT2D eigenvalue weighted by molar-refractivity contribution is 0.778. The smallest absolute Gasteiger partial charge is 0.0155 e. The van der Waals surface area contributed by atoms with E-state index in [4.69, 9.17) is 0 Å². The van der Waals surface area contributed by atoms with Crippen LogP contribution in [0, 0.1) is 11.8 Å². The Morgan fingerprint density at radius 1 is 1.19 bits per heavy atom. The van der Waals surface area contributed by atoms with E-state index in [-0.39, 0.29) is 0 Å². The standard InChI is InChI=1S/C16H22/c1-5-8-9-13(4)16-12-14(6-2)10-11-15(16)7-3/h10-13H,6-7,9H2,1-4H3. The lowest BCUT2D eigenvalue weighted by Gasteiger charge is -2.15. The number of aryl methyl sites for hydroxylation is 2. The van der Waals surface area contributed by atoms with Crippen LogP contribution in [0.5, 0.6) is 0 Å². The van der Waals surface area contributed by atoms with Gasteiger partial charge in [-0.3, -0.25) is 0 Å². The maximum atomic E-state index is 3.19. The molecule has 16 heavy (non-hydrogen) atoms. The molecule has 0 aliphatic carbocycles. The van der Waals surface area contributed by atoms with Crippen molar-refractivity contribution in [3.8, 4) is 11.8 Å². The summed E-state index contributed by atoms with van der Waals surface area (Å²) in [5.74, 6) is 6.72. The highest BCUT2D eigenvalue weighted by molar-refractivity contribution is 5.35. The molecule has 0 aliphatic rings. The summed E-state index contributed by atoms with van der Waals surface area (Å²) in [6, 6.07) is 6.89. The van der Waals surface area contributed by atoms with Crippen LogP contribution in [-0.4, -0.2) is 0 Å². The Labute approximate surface area is 100 Å². The zero-order valence-corrected chi connectivity index (χ0v) is 10.9. The SMILES string of the molecule is CC#CCC(C)c1cc(CC)ccc1CC. The van der Waals surface area contributed by atoms with E-state index in [1.807, 2.05) is 6.92 Å². The molecule has 0 amide bonds. The summed E-state index contributed by atoms with van der Waals surface area (Å²) in [7, 11) is 0. The molecule has 0 aliphatic heterocycles. The van der Waals surface area contributed by atoms with Gasteiger partial charge in [-0.15, -0.1) is 11.8 Å². The summed E-state index contributed by atoms with van der Waals surface area (Å²) in [4.78, 5) is 0. The molecule has 0 spiro atoms. The second-order valence-corrected chi connectivity index (χ2v) is 4.27. The molecular weight excluding hydrogens is 192 g/mol. The minimum atomic E-state index is 0.550. The Morgan fingerprint density at radius 3 is 2.50 bits per heavy atom. The lowest BCUT2D eigenvalue weighted by atomic mass is 9.90. The molecule has 0 fully saturated rings. The van der Waals surface area contributed by atoms with Crippen LogP contribution in [0.1, 0.15) is 56.7 Å². The van der Waals surface area contributed by atoms with Gasteiger partial charge in [-0.2, -0.15) is 0 Å². The molecule has 1 unspecified atom stereocenters. The molecule has 1 aromatic rings. The van der Waals surface area contributed by atoms with E-state index in [0.717, 1.165) is 19.3 Å². The van der Waals surface area contributed by atoms with Gasteiger partial charge >= 0.3 is 0 Å². The van der Waals surface area contributed by atoms with Gasteiger partial charge in [-0.05, 0) is 42.4 Å². The molecule has 0 saturated heterocycles. The molecule has 0 heterocycles. The van der Waals surface area contributed by atoms with Crippen LogP contribution >= 0.6 is 0 Å². The molecule has 0 bridgehead atoms. The predicted octanol–water partition coefficient (Wildman–Crippen LogP) is 4.33. The molecule has 1 atom stereocenters. The van der Waals surface area contributed by atoms with Gasteiger partial charge in [0.1, 0.15) is 0 Å². The van der Waals surface area contributed by atoms with Gasteiger partial charge in [-0.25, -0.2) is 0 Å². The van der Waals surface area contributed by atoms with E-state index < -0.39 is 0 Å². The van der Waals surface area contributed by atoms with Crippen LogP contribution in [0.15, 0.2) is 18.2 Å². The van der Waals surface area contributed by atoms with Gasteiger partial charge in [0.25, 0.3) is 0 Å². The Hall–Kier alpha value is -1.22. The topological polar surface area (TPSA) is 0 Å². The third-order valence-corrected chi connectivity index (χ3v) is 3.12. The van der Waals surface area contributed by atoms with Crippen LogP contribution in [0.3, 0.4) is 0 Å². The zero-order chi connectivity index (χ0) is 12.0. The highest BCUT2D eigenvalue weighted by Gasteiger charge is 2.09. The molecule has 0 heteroatoms. The van der Waals surface area contributed by atoms with E-state index in [0.29, 0.717) is 5.92 Å². The van der Waals surface area contributed by atoms with Crippen molar-refractivity contribution < 1.29 is 0 Å². The van der Waals surface area contributed by atoms with Crippen LogP contribution in [-0.2, 0) is 12.8 Å². The quantitative estimate of drug-likeness (QED) is 0.654. The van der Waals surface area contributed by atoms with Gasteiger partial charge in [0.05, 0.1) is 0 Å². The van der Waals surface area contributed by atoms with Crippen LogP contribution < -0.4 is 0 Å². The lowest BCUT2D eigenvalue weighted by Crippen LogP contribution is -1.99. The Balaban J connectivity index is 3.01. The van der Waals surface area contributed by atoms with E-state index in [1.54, 1.807) is 0 Å². The van der Waals surface area contributed by atoms with E-state index >= 15 is 0 Å². The normalized spacial score (nSPS) is 11.8.